The molecule has 0 unspecified atom stereocenters. The lowest BCUT2D eigenvalue weighted by Crippen LogP contribution is -2.47. The molecule has 1 aliphatic heterocycles. The summed E-state index contributed by atoms with van der Waals surface area (Å²) in [7, 11) is 3.43. The van der Waals surface area contributed by atoms with Gasteiger partial charge in [0.05, 0.1) is 20.4 Å². The number of hydrogen-bond acceptors (Lipinski definition) is 5. The lowest BCUT2D eigenvalue weighted by Gasteiger charge is -2.45. The first kappa shape index (κ1) is 23.9. The van der Waals surface area contributed by atoms with Crippen LogP contribution in [0.4, 0.5) is 0 Å². The molecule has 5 nitrogen and oxygen atoms in total. The third-order valence-corrected chi connectivity index (χ3v) is 6.51. The molecule has 0 amide bonds. The second kappa shape index (κ2) is 11.2. The second-order valence-electron chi connectivity index (χ2n) is 8.64. The molecule has 1 aliphatic rings. The van der Waals surface area contributed by atoms with Crippen molar-refractivity contribution in [1.82, 2.24) is 9.80 Å². The summed E-state index contributed by atoms with van der Waals surface area (Å²) in [6.45, 7) is 7.16. The van der Waals surface area contributed by atoms with Crippen LogP contribution in [0, 0.1) is 0 Å². The Morgan fingerprint density at radius 3 is 1.88 bits per heavy atom. The number of rotatable bonds is 9. The minimum absolute atomic E-state index is 0.0895. The molecule has 0 bridgehead atoms. The number of benzene rings is 3. The smallest absolute Gasteiger partial charge is 0.125 e. The van der Waals surface area contributed by atoms with Crippen LogP contribution in [-0.2, 0) is 19.5 Å². The maximum atomic E-state index is 11.3. The standard InChI is InChI=1S/C29H34N2O3/c1-4-11-22-14-9-15-25(28(22)32)29-30(20-23-12-5-7-16-26(23)33-2)18-10-19-31(29)21-24-13-6-8-17-27(24)34-3/h4-9,12-17,29,32H,1,10-11,18-21H2,2-3H3. The van der Waals surface area contributed by atoms with Gasteiger partial charge in [-0.05, 0) is 30.5 Å². The molecule has 0 saturated carbocycles. The van der Waals surface area contributed by atoms with Crippen LogP contribution in [0.1, 0.15) is 34.8 Å². The number of hydrogen-bond donors (Lipinski definition) is 1. The lowest BCUT2D eigenvalue weighted by atomic mass is 9.99. The van der Waals surface area contributed by atoms with E-state index in [1.54, 1.807) is 14.2 Å². The average Bonchev–Trinajstić information content (AvgIpc) is 2.87. The Kier molecular flexibility index (Phi) is 7.88. The average molecular weight is 459 g/mol. The van der Waals surface area contributed by atoms with Gasteiger partial charge in [-0.1, -0.05) is 60.7 Å². The van der Waals surface area contributed by atoms with E-state index >= 15 is 0 Å². The molecule has 0 spiro atoms. The summed E-state index contributed by atoms with van der Waals surface area (Å²) in [5.74, 6) is 2.12. The van der Waals surface area contributed by atoms with Crippen molar-refractivity contribution < 1.29 is 14.6 Å². The van der Waals surface area contributed by atoms with Gasteiger partial charge in [0.25, 0.3) is 0 Å². The van der Waals surface area contributed by atoms with E-state index in [0.717, 1.165) is 66.4 Å². The second-order valence-corrected chi connectivity index (χ2v) is 8.64. The summed E-state index contributed by atoms with van der Waals surface area (Å²) in [4.78, 5) is 4.87. The molecule has 0 aromatic heterocycles. The first-order valence-electron chi connectivity index (χ1n) is 11.8. The summed E-state index contributed by atoms with van der Waals surface area (Å²) in [6.07, 6.45) is 3.41. The molecule has 178 valence electrons. The van der Waals surface area contributed by atoms with Crippen molar-refractivity contribution >= 4 is 0 Å². The number of ether oxygens (including phenoxy) is 2. The highest BCUT2D eigenvalue weighted by atomic mass is 16.5. The van der Waals surface area contributed by atoms with Gasteiger partial charge in [0, 0.05) is 42.9 Å². The highest BCUT2D eigenvalue weighted by molar-refractivity contribution is 5.44. The van der Waals surface area contributed by atoms with E-state index < -0.39 is 0 Å². The van der Waals surface area contributed by atoms with Gasteiger partial charge in [-0.15, -0.1) is 6.58 Å². The van der Waals surface area contributed by atoms with Crippen LogP contribution in [-0.4, -0.2) is 42.2 Å². The van der Waals surface area contributed by atoms with Crippen molar-refractivity contribution in [3.05, 3.63) is 102 Å². The van der Waals surface area contributed by atoms with E-state index in [1.807, 2.05) is 60.7 Å². The molecular weight excluding hydrogens is 424 g/mol. The Hall–Kier alpha value is -3.28. The summed E-state index contributed by atoms with van der Waals surface area (Å²) in [5.41, 5.74) is 4.09. The number of aromatic hydroxyl groups is 1. The van der Waals surface area contributed by atoms with Crippen LogP contribution < -0.4 is 9.47 Å². The molecule has 1 saturated heterocycles. The number of methoxy groups -OCH3 is 2. The molecular formula is C29H34N2O3. The Bertz CT molecular complexity index is 1060. The number of allylic oxidation sites excluding steroid dienone is 1. The van der Waals surface area contributed by atoms with Gasteiger partial charge in [-0.3, -0.25) is 9.80 Å². The zero-order chi connectivity index (χ0) is 23.9. The summed E-state index contributed by atoms with van der Waals surface area (Å²) >= 11 is 0. The Morgan fingerprint density at radius 1 is 0.824 bits per heavy atom. The van der Waals surface area contributed by atoms with Gasteiger partial charge in [-0.25, -0.2) is 0 Å². The van der Waals surface area contributed by atoms with Crippen molar-refractivity contribution in [3.8, 4) is 17.2 Å². The van der Waals surface area contributed by atoms with Crippen LogP contribution >= 0.6 is 0 Å². The van der Waals surface area contributed by atoms with Crippen molar-refractivity contribution in [1.29, 1.82) is 0 Å². The molecule has 3 aromatic rings. The van der Waals surface area contributed by atoms with Crippen molar-refractivity contribution in [2.75, 3.05) is 27.3 Å². The van der Waals surface area contributed by atoms with Crippen molar-refractivity contribution in [2.45, 2.75) is 32.1 Å². The normalized spacial score (nSPS) is 15.2. The summed E-state index contributed by atoms with van der Waals surface area (Å²) in [5, 5.41) is 11.3. The first-order valence-corrected chi connectivity index (χ1v) is 11.8. The molecule has 4 rings (SSSR count). The molecule has 0 aliphatic carbocycles. The Morgan fingerprint density at radius 2 is 1.35 bits per heavy atom. The largest absolute Gasteiger partial charge is 0.507 e. The minimum Gasteiger partial charge on any atom is -0.507 e. The zero-order valence-corrected chi connectivity index (χ0v) is 20.1. The monoisotopic (exact) mass is 458 g/mol. The van der Waals surface area contributed by atoms with E-state index in [-0.39, 0.29) is 6.17 Å². The van der Waals surface area contributed by atoms with Gasteiger partial charge in [0.2, 0.25) is 0 Å². The van der Waals surface area contributed by atoms with E-state index in [4.69, 9.17) is 9.47 Å². The van der Waals surface area contributed by atoms with E-state index in [1.165, 1.54) is 0 Å². The van der Waals surface area contributed by atoms with Gasteiger partial charge in [0.15, 0.2) is 0 Å². The molecule has 5 heteroatoms. The predicted molar refractivity (Wildman–Crippen MR) is 136 cm³/mol. The van der Waals surface area contributed by atoms with Crippen molar-refractivity contribution in [2.24, 2.45) is 0 Å². The number of phenolic OH excluding ortho intramolecular Hbond substituents is 1. The quantitative estimate of drug-likeness (QED) is 0.426. The summed E-state index contributed by atoms with van der Waals surface area (Å²) < 4.78 is 11.3. The fourth-order valence-electron chi connectivity index (χ4n) is 4.92. The minimum atomic E-state index is -0.0895. The third kappa shape index (κ3) is 5.11. The fourth-order valence-corrected chi connectivity index (χ4v) is 4.92. The van der Waals surface area contributed by atoms with Crippen molar-refractivity contribution in [3.63, 3.8) is 0 Å². The molecule has 0 radical (unpaired) electrons. The first-order chi connectivity index (χ1) is 16.7. The molecule has 34 heavy (non-hydrogen) atoms. The molecule has 0 atom stereocenters. The number of phenols is 1. The third-order valence-electron chi connectivity index (χ3n) is 6.51. The number of para-hydroxylation sites is 3. The topological polar surface area (TPSA) is 45.2 Å². The zero-order valence-electron chi connectivity index (χ0n) is 20.1. The lowest BCUT2D eigenvalue weighted by molar-refractivity contribution is -0.0111. The molecule has 1 N–H and O–H groups in total. The Labute approximate surface area is 202 Å². The number of nitrogens with zero attached hydrogens (tertiary/aromatic N) is 2. The molecule has 3 aromatic carbocycles. The Balaban J connectivity index is 1.75. The van der Waals surface area contributed by atoms with E-state index in [9.17, 15) is 5.11 Å². The van der Waals surface area contributed by atoms with Crippen LogP contribution in [0.3, 0.4) is 0 Å². The predicted octanol–water partition coefficient (Wildman–Crippen LogP) is 5.54. The maximum absolute atomic E-state index is 11.3. The van der Waals surface area contributed by atoms with Crippen LogP contribution in [0.25, 0.3) is 0 Å². The highest BCUT2D eigenvalue weighted by Crippen LogP contribution is 2.39. The fraction of sp³-hybridized carbons (Fsp3) is 0.310. The maximum Gasteiger partial charge on any atom is 0.125 e. The molecule has 1 fully saturated rings. The van der Waals surface area contributed by atoms with Gasteiger partial charge in [-0.2, -0.15) is 0 Å². The van der Waals surface area contributed by atoms with Crippen LogP contribution in [0.5, 0.6) is 17.2 Å². The van der Waals surface area contributed by atoms with Gasteiger partial charge in [0.1, 0.15) is 17.2 Å². The van der Waals surface area contributed by atoms with Gasteiger partial charge < -0.3 is 14.6 Å². The summed E-state index contributed by atoms with van der Waals surface area (Å²) in [6, 6.07) is 22.4. The van der Waals surface area contributed by atoms with E-state index in [2.05, 4.69) is 28.5 Å². The van der Waals surface area contributed by atoms with E-state index in [0.29, 0.717) is 12.2 Å². The highest BCUT2D eigenvalue weighted by Gasteiger charge is 2.33. The SMILES string of the molecule is C=CCc1cccc(C2N(Cc3ccccc3OC)CCCN2Cc2ccccc2OC)c1O. The van der Waals surface area contributed by atoms with Crippen LogP contribution in [0.15, 0.2) is 79.4 Å². The molecule has 1 heterocycles. The van der Waals surface area contributed by atoms with Crippen LogP contribution in [0.2, 0.25) is 0 Å². The van der Waals surface area contributed by atoms with Gasteiger partial charge >= 0.3 is 0 Å².